The molecule has 0 saturated carbocycles. The standard InChI is InChI=1S/C11H16N2O4S/c1-7(11(15)16)17-5-8-6-18-9(12-8)4-10(14)13(2)3/h6-7H,4-5H2,1-3H3,(H,15,16)/t7-/m0/s1. The normalized spacial score (nSPS) is 12.2. The quantitative estimate of drug-likeness (QED) is 0.827. The van der Waals surface area contributed by atoms with Crippen LogP contribution in [0.2, 0.25) is 0 Å². The number of nitrogens with zero attached hydrogens (tertiary/aromatic N) is 2. The molecule has 0 fully saturated rings. The van der Waals surface area contributed by atoms with E-state index in [-0.39, 0.29) is 18.9 Å². The molecule has 0 bridgehead atoms. The summed E-state index contributed by atoms with van der Waals surface area (Å²) in [5.41, 5.74) is 0.648. The van der Waals surface area contributed by atoms with Crippen LogP contribution in [0.5, 0.6) is 0 Å². The number of rotatable bonds is 6. The van der Waals surface area contributed by atoms with Crippen LogP contribution in [0.15, 0.2) is 5.38 Å². The molecule has 1 atom stereocenters. The first kappa shape index (κ1) is 14.6. The Morgan fingerprint density at radius 1 is 1.56 bits per heavy atom. The molecule has 1 aromatic rings. The first-order chi connectivity index (χ1) is 8.40. The summed E-state index contributed by atoms with van der Waals surface area (Å²) in [5, 5.41) is 11.1. The zero-order valence-corrected chi connectivity index (χ0v) is 11.4. The molecule has 6 nitrogen and oxygen atoms in total. The summed E-state index contributed by atoms with van der Waals surface area (Å²) in [6.07, 6.45) is -0.606. The fraction of sp³-hybridized carbons (Fsp3) is 0.545. The average Bonchev–Trinajstić information content (AvgIpc) is 2.73. The van der Waals surface area contributed by atoms with Gasteiger partial charge in [-0.15, -0.1) is 11.3 Å². The van der Waals surface area contributed by atoms with Gasteiger partial charge < -0.3 is 14.7 Å². The molecule has 100 valence electrons. The van der Waals surface area contributed by atoms with E-state index in [9.17, 15) is 9.59 Å². The third kappa shape index (κ3) is 4.42. The number of carbonyl (C=O) groups is 2. The Bertz CT molecular complexity index is 430. The second-order valence-corrected chi connectivity index (χ2v) is 4.93. The third-order valence-corrected chi connectivity index (χ3v) is 3.13. The fourth-order valence-electron chi connectivity index (χ4n) is 1.07. The first-order valence-electron chi connectivity index (χ1n) is 5.38. The summed E-state index contributed by atoms with van der Waals surface area (Å²) in [4.78, 5) is 27.7. The van der Waals surface area contributed by atoms with Gasteiger partial charge in [-0.25, -0.2) is 9.78 Å². The molecular formula is C11H16N2O4S. The maximum atomic E-state index is 11.5. The molecule has 18 heavy (non-hydrogen) atoms. The highest BCUT2D eigenvalue weighted by molar-refractivity contribution is 7.09. The summed E-state index contributed by atoms with van der Waals surface area (Å²) < 4.78 is 5.10. The number of thiazole rings is 1. The topological polar surface area (TPSA) is 79.7 Å². The first-order valence-corrected chi connectivity index (χ1v) is 6.26. The van der Waals surface area contributed by atoms with Crippen molar-refractivity contribution in [1.82, 2.24) is 9.88 Å². The molecule has 0 radical (unpaired) electrons. The summed E-state index contributed by atoms with van der Waals surface area (Å²) in [6, 6.07) is 0. The van der Waals surface area contributed by atoms with Crippen LogP contribution >= 0.6 is 11.3 Å². The molecule has 0 aromatic carbocycles. The van der Waals surface area contributed by atoms with Gasteiger partial charge in [0.15, 0.2) is 6.10 Å². The van der Waals surface area contributed by atoms with Gasteiger partial charge in [0.2, 0.25) is 5.91 Å². The highest BCUT2D eigenvalue weighted by atomic mass is 32.1. The molecule has 0 aliphatic rings. The lowest BCUT2D eigenvalue weighted by molar-refractivity contribution is -0.149. The van der Waals surface area contributed by atoms with Gasteiger partial charge in [-0.3, -0.25) is 4.79 Å². The van der Waals surface area contributed by atoms with E-state index >= 15 is 0 Å². The van der Waals surface area contributed by atoms with Gasteiger partial charge >= 0.3 is 5.97 Å². The lowest BCUT2D eigenvalue weighted by Crippen LogP contribution is -2.23. The Kier molecular flexibility index (Phi) is 5.24. The van der Waals surface area contributed by atoms with Crippen LogP contribution in [0.3, 0.4) is 0 Å². The van der Waals surface area contributed by atoms with Crippen LogP contribution in [0, 0.1) is 0 Å². The van der Waals surface area contributed by atoms with Gasteiger partial charge in [-0.2, -0.15) is 0 Å². The number of amides is 1. The zero-order chi connectivity index (χ0) is 13.7. The van der Waals surface area contributed by atoms with Crippen molar-refractivity contribution in [3.63, 3.8) is 0 Å². The van der Waals surface area contributed by atoms with E-state index in [4.69, 9.17) is 9.84 Å². The van der Waals surface area contributed by atoms with E-state index in [0.717, 1.165) is 0 Å². The number of carboxylic acid groups (broad SMARTS) is 1. The van der Waals surface area contributed by atoms with Crippen molar-refractivity contribution < 1.29 is 19.4 Å². The van der Waals surface area contributed by atoms with Crippen LogP contribution in [-0.4, -0.2) is 47.1 Å². The molecule has 0 aliphatic carbocycles. The van der Waals surface area contributed by atoms with Crippen LogP contribution in [-0.2, 0) is 27.4 Å². The number of ether oxygens (including phenoxy) is 1. The van der Waals surface area contributed by atoms with E-state index in [1.165, 1.54) is 23.2 Å². The number of carbonyl (C=O) groups excluding carboxylic acids is 1. The van der Waals surface area contributed by atoms with Gasteiger partial charge in [-0.1, -0.05) is 0 Å². The Morgan fingerprint density at radius 3 is 2.78 bits per heavy atom. The van der Waals surface area contributed by atoms with Crippen molar-refractivity contribution in [1.29, 1.82) is 0 Å². The predicted molar refractivity (Wildman–Crippen MR) is 66.4 cm³/mol. The molecular weight excluding hydrogens is 256 g/mol. The highest BCUT2D eigenvalue weighted by Gasteiger charge is 2.13. The van der Waals surface area contributed by atoms with Crippen molar-refractivity contribution >= 4 is 23.2 Å². The minimum atomic E-state index is -1.01. The van der Waals surface area contributed by atoms with Crippen LogP contribution < -0.4 is 0 Å². The largest absolute Gasteiger partial charge is 0.479 e. The maximum absolute atomic E-state index is 11.5. The summed E-state index contributed by atoms with van der Waals surface area (Å²) in [5.74, 6) is -1.02. The molecule has 7 heteroatoms. The van der Waals surface area contributed by atoms with Crippen molar-refractivity contribution in [2.24, 2.45) is 0 Å². The van der Waals surface area contributed by atoms with E-state index in [1.54, 1.807) is 19.5 Å². The minimum Gasteiger partial charge on any atom is -0.479 e. The number of aromatic nitrogens is 1. The number of likely N-dealkylation sites (N-methyl/N-ethyl adjacent to an activating group) is 1. The van der Waals surface area contributed by atoms with Crippen molar-refractivity contribution in [2.45, 2.75) is 26.1 Å². The van der Waals surface area contributed by atoms with Gasteiger partial charge in [-0.05, 0) is 6.92 Å². The monoisotopic (exact) mass is 272 g/mol. The van der Waals surface area contributed by atoms with Crippen molar-refractivity contribution in [3.05, 3.63) is 16.1 Å². The van der Waals surface area contributed by atoms with E-state index in [1.807, 2.05) is 0 Å². The smallest absolute Gasteiger partial charge is 0.332 e. The lowest BCUT2D eigenvalue weighted by atomic mass is 10.4. The van der Waals surface area contributed by atoms with Crippen molar-refractivity contribution in [3.8, 4) is 0 Å². The third-order valence-electron chi connectivity index (χ3n) is 2.23. The molecule has 0 unspecified atom stereocenters. The Balaban J connectivity index is 2.48. The number of carboxylic acids is 1. The maximum Gasteiger partial charge on any atom is 0.332 e. The number of hydrogen-bond donors (Lipinski definition) is 1. The Labute approximate surface area is 109 Å². The van der Waals surface area contributed by atoms with Gasteiger partial charge in [0.1, 0.15) is 5.01 Å². The van der Waals surface area contributed by atoms with E-state index in [0.29, 0.717) is 10.7 Å². The van der Waals surface area contributed by atoms with Crippen molar-refractivity contribution in [2.75, 3.05) is 14.1 Å². The van der Waals surface area contributed by atoms with Gasteiger partial charge in [0, 0.05) is 19.5 Å². The van der Waals surface area contributed by atoms with Crippen LogP contribution in [0.4, 0.5) is 0 Å². The Morgan fingerprint density at radius 2 is 2.22 bits per heavy atom. The number of hydrogen-bond acceptors (Lipinski definition) is 5. The molecule has 0 aliphatic heterocycles. The lowest BCUT2D eigenvalue weighted by Gasteiger charge is -2.08. The minimum absolute atomic E-state index is 0.0178. The molecule has 1 N–H and O–H groups in total. The van der Waals surface area contributed by atoms with E-state index in [2.05, 4.69) is 4.98 Å². The van der Waals surface area contributed by atoms with Crippen LogP contribution in [0.1, 0.15) is 17.6 Å². The van der Waals surface area contributed by atoms with Gasteiger partial charge in [0.05, 0.1) is 18.7 Å². The second-order valence-electron chi connectivity index (χ2n) is 3.99. The highest BCUT2D eigenvalue weighted by Crippen LogP contribution is 2.12. The predicted octanol–water partition coefficient (Wildman–Crippen LogP) is 0.763. The zero-order valence-electron chi connectivity index (χ0n) is 10.5. The average molecular weight is 272 g/mol. The summed E-state index contributed by atoms with van der Waals surface area (Å²) in [7, 11) is 3.38. The molecule has 0 saturated heterocycles. The molecule has 1 heterocycles. The summed E-state index contributed by atoms with van der Waals surface area (Å²) >= 11 is 1.37. The van der Waals surface area contributed by atoms with Crippen LogP contribution in [0.25, 0.3) is 0 Å². The van der Waals surface area contributed by atoms with Gasteiger partial charge in [0.25, 0.3) is 0 Å². The fourth-order valence-corrected chi connectivity index (χ4v) is 1.84. The SMILES string of the molecule is C[C@H](OCc1csc(CC(=O)N(C)C)n1)C(=O)O. The molecule has 1 aromatic heterocycles. The number of aliphatic carboxylic acids is 1. The molecule has 0 spiro atoms. The Hall–Kier alpha value is -1.47. The second kappa shape index (κ2) is 6.46. The molecule has 1 rings (SSSR count). The van der Waals surface area contributed by atoms with E-state index < -0.39 is 12.1 Å². The summed E-state index contributed by atoms with van der Waals surface area (Å²) in [6.45, 7) is 1.60. The molecule has 1 amide bonds.